The Morgan fingerprint density at radius 1 is 1.48 bits per heavy atom. The molecule has 2 N–H and O–H groups in total. The normalized spacial score (nSPS) is 12.3. The number of carbonyl (C=O) groups is 1. The van der Waals surface area contributed by atoms with Gasteiger partial charge < -0.3 is 10.4 Å². The monoisotopic (exact) mass is 314 g/mol. The molecule has 3 aromatic rings. The fraction of sp³-hybridized carbons (Fsp3) is 0.188. The number of nitrogens with zero attached hydrogens (tertiary/aromatic N) is 3. The Bertz CT molecular complexity index is 829. The van der Waals surface area contributed by atoms with Crippen LogP contribution in [0.4, 0.5) is 4.39 Å². The largest absolute Gasteiger partial charge is 0.508 e. The summed E-state index contributed by atoms with van der Waals surface area (Å²) in [5.41, 5.74) is 0.530. The van der Waals surface area contributed by atoms with Crippen molar-refractivity contribution in [2.75, 3.05) is 0 Å². The zero-order valence-electron chi connectivity index (χ0n) is 12.4. The minimum atomic E-state index is -0.769. The molecular formula is C16H15FN4O2. The fourth-order valence-corrected chi connectivity index (χ4v) is 2.33. The van der Waals surface area contributed by atoms with Crippen molar-refractivity contribution in [2.24, 2.45) is 0 Å². The van der Waals surface area contributed by atoms with Crippen LogP contribution in [0.2, 0.25) is 0 Å². The molecule has 1 amide bonds. The van der Waals surface area contributed by atoms with Gasteiger partial charge in [0.05, 0.1) is 17.3 Å². The molecule has 1 atom stereocenters. The molecule has 0 aliphatic heterocycles. The number of hydrogen-bond acceptors (Lipinski definition) is 4. The standard InChI is InChI=1S/C16H15FN4O2/c1-2-13(14-9-21-7-3-6-18-16(21)20-14)19-15(23)11-5-4-10(22)8-12(11)17/h3-9,13,22H,2H2,1H3,(H,19,23). The second-order valence-corrected chi connectivity index (χ2v) is 5.09. The number of amides is 1. The first kappa shape index (κ1) is 15.0. The van der Waals surface area contributed by atoms with E-state index in [0.717, 1.165) is 6.07 Å². The van der Waals surface area contributed by atoms with Crippen LogP contribution in [0.1, 0.15) is 35.4 Å². The molecule has 1 unspecified atom stereocenters. The number of phenolic OH excluding ortho intramolecular Hbond substituents is 1. The van der Waals surface area contributed by atoms with Gasteiger partial charge in [-0.2, -0.15) is 0 Å². The lowest BCUT2D eigenvalue weighted by Crippen LogP contribution is -2.29. The number of carbonyl (C=O) groups excluding carboxylic acids is 1. The number of nitrogens with one attached hydrogen (secondary N) is 1. The third-order valence-corrected chi connectivity index (χ3v) is 3.52. The van der Waals surface area contributed by atoms with Gasteiger partial charge >= 0.3 is 0 Å². The van der Waals surface area contributed by atoms with E-state index in [9.17, 15) is 14.3 Å². The highest BCUT2D eigenvalue weighted by Gasteiger charge is 2.19. The van der Waals surface area contributed by atoms with E-state index in [2.05, 4.69) is 15.3 Å². The van der Waals surface area contributed by atoms with Gasteiger partial charge in [0.15, 0.2) is 0 Å². The van der Waals surface area contributed by atoms with Crippen LogP contribution in [0, 0.1) is 5.82 Å². The average molecular weight is 314 g/mol. The van der Waals surface area contributed by atoms with Crippen LogP contribution in [0.5, 0.6) is 5.75 Å². The van der Waals surface area contributed by atoms with Gasteiger partial charge in [0.2, 0.25) is 5.78 Å². The first-order valence-electron chi connectivity index (χ1n) is 7.17. The minimum absolute atomic E-state index is 0.122. The van der Waals surface area contributed by atoms with Gasteiger partial charge in [-0.05, 0) is 24.6 Å². The second-order valence-electron chi connectivity index (χ2n) is 5.09. The van der Waals surface area contributed by atoms with Gasteiger partial charge in [-0.15, -0.1) is 0 Å². The van der Waals surface area contributed by atoms with E-state index in [1.807, 2.05) is 13.1 Å². The van der Waals surface area contributed by atoms with Crippen LogP contribution in [0.25, 0.3) is 5.78 Å². The molecule has 0 aliphatic carbocycles. The zero-order valence-corrected chi connectivity index (χ0v) is 12.4. The molecule has 7 heteroatoms. The molecule has 0 fully saturated rings. The summed E-state index contributed by atoms with van der Waals surface area (Å²) in [6.07, 6.45) is 5.82. The molecule has 0 aliphatic rings. The smallest absolute Gasteiger partial charge is 0.254 e. The summed E-state index contributed by atoms with van der Waals surface area (Å²) in [7, 11) is 0. The highest BCUT2D eigenvalue weighted by Crippen LogP contribution is 2.19. The van der Waals surface area contributed by atoms with Crippen molar-refractivity contribution in [3.63, 3.8) is 0 Å². The minimum Gasteiger partial charge on any atom is -0.508 e. The Morgan fingerprint density at radius 2 is 2.30 bits per heavy atom. The summed E-state index contributed by atoms with van der Waals surface area (Å²) < 4.78 is 15.5. The van der Waals surface area contributed by atoms with Crippen molar-refractivity contribution in [3.8, 4) is 5.75 Å². The molecule has 0 saturated carbocycles. The predicted molar refractivity (Wildman–Crippen MR) is 81.6 cm³/mol. The lowest BCUT2D eigenvalue weighted by Gasteiger charge is -2.15. The Hall–Kier alpha value is -2.96. The number of imidazole rings is 1. The molecule has 0 bridgehead atoms. The van der Waals surface area contributed by atoms with Crippen LogP contribution in [0.3, 0.4) is 0 Å². The van der Waals surface area contributed by atoms with Gasteiger partial charge in [-0.25, -0.2) is 14.4 Å². The topological polar surface area (TPSA) is 79.5 Å². The lowest BCUT2D eigenvalue weighted by atomic mass is 10.1. The number of aromatic nitrogens is 3. The van der Waals surface area contributed by atoms with Crippen molar-refractivity contribution in [1.29, 1.82) is 0 Å². The Labute approximate surface area is 131 Å². The molecule has 1 aromatic carbocycles. The summed E-state index contributed by atoms with van der Waals surface area (Å²) in [6.45, 7) is 1.90. The highest BCUT2D eigenvalue weighted by molar-refractivity contribution is 5.94. The van der Waals surface area contributed by atoms with Crippen molar-refractivity contribution >= 4 is 11.7 Å². The molecule has 2 heterocycles. The molecule has 3 rings (SSSR count). The third kappa shape index (κ3) is 2.98. The van der Waals surface area contributed by atoms with Crippen molar-refractivity contribution in [3.05, 3.63) is 59.9 Å². The molecule has 23 heavy (non-hydrogen) atoms. The first-order chi connectivity index (χ1) is 11.1. The summed E-state index contributed by atoms with van der Waals surface area (Å²) in [6, 6.07) is 4.85. The maximum Gasteiger partial charge on any atom is 0.254 e. The summed E-state index contributed by atoms with van der Waals surface area (Å²) in [5.74, 6) is -1.02. The van der Waals surface area contributed by atoms with Crippen LogP contribution < -0.4 is 5.32 Å². The second kappa shape index (κ2) is 6.04. The van der Waals surface area contributed by atoms with E-state index in [-0.39, 0.29) is 17.4 Å². The van der Waals surface area contributed by atoms with Gasteiger partial charge in [0.25, 0.3) is 5.91 Å². The van der Waals surface area contributed by atoms with Crippen LogP contribution in [0.15, 0.2) is 42.9 Å². The zero-order chi connectivity index (χ0) is 16.4. The Kier molecular flexibility index (Phi) is 3.92. The number of aromatic hydroxyl groups is 1. The number of phenols is 1. The first-order valence-corrected chi connectivity index (χ1v) is 7.17. The molecule has 0 saturated heterocycles. The molecule has 0 radical (unpaired) electrons. The number of halogens is 1. The van der Waals surface area contributed by atoms with E-state index in [4.69, 9.17) is 0 Å². The van der Waals surface area contributed by atoms with Crippen molar-refractivity contribution in [2.45, 2.75) is 19.4 Å². The number of rotatable bonds is 4. The lowest BCUT2D eigenvalue weighted by molar-refractivity contribution is 0.0930. The van der Waals surface area contributed by atoms with Gasteiger partial charge in [-0.1, -0.05) is 6.92 Å². The Morgan fingerprint density at radius 3 is 3.00 bits per heavy atom. The molecule has 0 spiro atoms. The SMILES string of the molecule is CCC(NC(=O)c1ccc(O)cc1F)c1cn2cccnc2n1. The quantitative estimate of drug-likeness (QED) is 0.775. The van der Waals surface area contributed by atoms with E-state index in [1.165, 1.54) is 12.1 Å². The average Bonchev–Trinajstić information content (AvgIpc) is 2.96. The molecule has 118 valence electrons. The summed E-state index contributed by atoms with van der Waals surface area (Å²) >= 11 is 0. The predicted octanol–water partition coefficient (Wildman–Crippen LogP) is 2.46. The fourth-order valence-electron chi connectivity index (χ4n) is 2.33. The van der Waals surface area contributed by atoms with E-state index >= 15 is 0 Å². The van der Waals surface area contributed by atoms with Crippen molar-refractivity contribution in [1.82, 2.24) is 19.7 Å². The maximum atomic E-state index is 13.8. The summed E-state index contributed by atoms with van der Waals surface area (Å²) in [5, 5.41) is 12.0. The van der Waals surface area contributed by atoms with E-state index < -0.39 is 11.7 Å². The summed E-state index contributed by atoms with van der Waals surface area (Å²) in [4.78, 5) is 20.8. The molecular weight excluding hydrogens is 299 g/mol. The number of hydrogen-bond donors (Lipinski definition) is 2. The van der Waals surface area contributed by atoms with Crippen molar-refractivity contribution < 1.29 is 14.3 Å². The number of benzene rings is 1. The van der Waals surface area contributed by atoms with Gasteiger partial charge in [0, 0.05) is 24.7 Å². The maximum absolute atomic E-state index is 13.8. The molecule has 2 aromatic heterocycles. The number of fused-ring (bicyclic) bond motifs is 1. The van der Waals surface area contributed by atoms with Gasteiger partial charge in [0.1, 0.15) is 11.6 Å². The highest BCUT2D eigenvalue weighted by atomic mass is 19.1. The molecule has 6 nitrogen and oxygen atoms in total. The van der Waals surface area contributed by atoms with Crippen LogP contribution in [-0.4, -0.2) is 25.4 Å². The van der Waals surface area contributed by atoms with E-state index in [0.29, 0.717) is 17.9 Å². The van der Waals surface area contributed by atoms with Crippen LogP contribution >= 0.6 is 0 Å². The van der Waals surface area contributed by atoms with Gasteiger partial charge in [-0.3, -0.25) is 9.20 Å². The Balaban J connectivity index is 1.85. The third-order valence-electron chi connectivity index (χ3n) is 3.52. The van der Waals surface area contributed by atoms with Crippen LogP contribution in [-0.2, 0) is 0 Å². The van der Waals surface area contributed by atoms with E-state index in [1.54, 1.807) is 22.9 Å².